The van der Waals surface area contributed by atoms with Crippen LogP contribution in [0.4, 0.5) is 8.78 Å². The molecule has 1 aromatic heterocycles. The topological polar surface area (TPSA) is 30.9 Å². The zero-order valence-electron chi connectivity index (χ0n) is 19.3. The number of benzene rings is 2. The average molecular weight is 447 g/mol. The van der Waals surface area contributed by atoms with Gasteiger partial charge in [0, 0.05) is 35.4 Å². The second-order valence-corrected chi connectivity index (χ2v) is 10.1. The largest absolute Gasteiger partial charge is 0.347 e. The summed E-state index contributed by atoms with van der Waals surface area (Å²) < 4.78 is 23.0. The summed E-state index contributed by atoms with van der Waals surface area (Å²) in [5.74, 6) is 0. The van der Waals surface area contributed by atoms with E-state index >= 15 is 0 Å². The molecule has 5 heteroatoms. The van der Waals surface area contributed by atoms with Gasteiger partial charge in [0.25, 0.3) is 0 Å². The molecule has 0 unspecified atom stereocenters. The van der Waals surface area contributed by atoms with E-state index in [0.29, 0.717) is 6.54 Å². The second kappa shape index (κ2) is 11.1. The van der Waals surface area contributed by atoms with Crippen LogP contribution in [-0.2, 0) is 13.1 Å². The van der Waals surface area contributed by atoms with Crippen LogP contribution in [0.2, 0.25) is 0 Å². The van der Waals surface area contributed by atoms with E-state index in [0.717, 1.165) is 18.7 Å². The maximum Gasteiger partial charge on any atom is 0.235 e. The Kier molecular flexibility index (Phi) is 9.14. The van der Waals surface area contributed by atoms with Crippen LogP contribution in [0, 0.1) is 12.3 Å². The van der Waals surface area contributed by atoms with Crippen LogP contribution in [-0.4, -0.2) is 16.2 Å². The zero-order chi connectivity index (χ0) is 23.2. The summed E-state index contributed by atoms with van der Waals surface area (Å²) in [6, 6.07) is 15.3. The quantitative estimate of drug-likeness (QED) is 0.402. The summed E-state index contributed by atoms with van der Waals surface area (Å²) >= 11 is 4.08. The highest BCUT2D eigenvalue weighted by atomic mass is 32.1. The highest BCUT2D eigenvalue weighted by molar-refractivity contribution is 7.81. The standard InChI is InChI=1S/C21H26N2.C3H6S.C2H4F2/c1-15-7-5-6-8-18(15)16-9-10-19-17(12-22)13-23(20(19)11-16)14-21(2,3)4;4-3-1-2-3;1-2(3)4/h5-11,13H,12,14,22H2,1-4H3;3-4H,1-2H2;2H,1H3. The Morgan fingerprint density at radius 3 is 2.19 bits per heavy atom. The summed E-state index contributed by atoms with van der Waals surface area (Å²) in [5, 5.41) is 2.05. The molecular weight excluding hydrogens is 410 g/mol. The minimum atomic E-state index is -2.17. The lowest BCUT2D eigenvalue weighted by atomic mass is 9.96. The third kappa shape index (κ3) is 8.30. The minimum Gasteiger partial charge on any atom is -0.347 e. The number of thiol groups is 1. The Morgan fingerprint density at radius 2 is 1.71 bits per heavy atom. The predicted molar refractivity (Wildman–Crippen MR) is 133 cm³/mol. The van der Waals surface area contributed by atoms with Crippen LogP contribution >= 0.6 is 12.6 Å². The van der Waals surface area contributed by atoms with E-state index in [1.807, 2.05) is 0 Å². The molecule has 1 aliphatic rings. The third-order valence-corrected chi connectivity index (χ3v) is 5.35. The van der Waals surface area contributed by atoms with Crippen molar-refractivity contribution in [2.45, 2.75) is 72.2 Å². The molecule has 0 radical (unpaired) electrons. The maximum atomic E-state index is 10.3. The zero-order valence-corrected chi connectivity index (χ0v) is 20.2. The average Bonchev–Trinajstić information content (AvgIpc) is 3.39. The molecule has 1 fully saturated rings. The molecule has 31 heavy (non-hydrogen) atoms. The van der Waals surface area contributed by atoms with Crippen molar-refractivity contribution in [2.24, 2.45) is 11.1 Å². The van der Waals surface area contributed by atoms with Gasteiger partial charge in [0.2, 0.25) is 6.43 Å². The van der Waals surface area contributed by atoms with Gasteiger partial charge in [0.05, 0.1) is 0 Å². The molecule has 2 aromatic carbocycles. The predicted octanol–water partition coefficient (Wildman–Crippen LogP) is 7.47. The van der Waals surface area contributed by atoms with Gasteiger partial charge in [-0.3, -0.25) is 0 Å². The van der Waals surface area contributed by atoms with Crippen LogP contribution in [0.15, 0.2) is 48.7 Å². The molecule has 1 heterocycles. The normalized spacial score (nSPS) is 13.5. The fourth-order valence-electron chi connectivity index (χ4n) is 3.31. The van der Waals surface area contributed by atoms with Crippen molar-refractivity contribution in [3.8, 4) is 11.1 Å². The van der Waals surface area contributed by atoms with E-state index in [4.69, 9.17) is 5.73 Å². The van der Waals surface area contributed by atoms with Gasteiger partial charge in [0.15, 0.2) is 0 Å². The maximum absolute atomic E-state index is 10.3. The highest BCUT2D eigenvalue weighted by Crippen LogP contribution is 2.31. The third-order valence-electron chi connectivity index (χ3n) is 4.83. The van der Waals surface area contributed by atoms with E-state index in [1.165, 1.54) is 46.0 Å². The van der Waals surface area contributed by atoms with Crippen LogP contribution < -0.4 is 5.73 Å². The minimum absolute atomic E-state index is 0.233. The fraction of sp³-hybridized carbons (Fsp3) is 0.462. The fourth-order valence-corrected chi connectivity index (χ4v) is 3.46. The Balaban J connectivity index is 0.000000361. The van der Waals surface area contributed by atoms with Crippen LogP contribution in [0.3, 0.4) is 0 Å². The van der Waals surface area contributed by atoms with E-state index in [1.54, 1.807) is 0 Å². The van der Waals surface area contributed by atoms with Gasteiger partial charge in [0.1, 0.15) is 0 Å². The molecule has 0 spiro atoms. The lowest BCUT2D eigenvalue weighted by Gasteiger charge is -2.20. The summed E-state index contributed by atoms with van der Waals surface area (Å²) in [4.78, 5) is 0. The van der Waals surface area contributed by atoms with Gasteiger partial charge in [-0.1, -0.05) is 57.2 Å². The first kappa shape index (κ1) is 25.4. The summed E-state index contributed by atoms with van der Waals surface area (Å²) in [6.45, 7) is 11.4. The van der Waals surface area contributed by atoms with E-state index in [2.05, 4.69) is 93.6 Å². The number of alkyl halides is 2. The van der Waals surface area contributed by atoms with Crippen molar-refractivity contribution in [3.05, 3.63) is 59.8 Å². The number of hydrogen-bond donors (Lipinski definition) is 2. The molecule has 0 aliphatic heterocycles. The Hall–Kier alpha value is -1.85. The van der Waals surface area contributed by atoms with Crippen molar-refractivity contribution in [3.63, 3.8) is 0 Å². The molecule has 0 saturated heterocycles. The van der Waals surface area contributed by atoms with E-state index < -0.39 is 6.43 Å². The number of fused-ring (bicyclic) bond motifs is 1. The number of rotatable bonds is 3. The highest BCUT2D eigenvalue weighted by Gasteiger charge is 2.16. The Bertz CT molecular complexity index is 966. The molecule has 2 N–H and O–H groups in total. The van der Waals surface area contributed by atoms with Gasteiger partial charge in [-0.15, -0.1) is 0 Å². The smallest absolute Gasteiger partial charge is 0.235 e. The first-order valence-electron chi connectivity index (χ1n) is 10.9. The number of halogens is 2. The lowest BCUT2D eigenvalue weighted by molar-refractivity contribution is 0.171. The molecule has 170 valence electrons. The molecule has 0 amide bonds. The van der Waals surface area contributed by atoms with Crippen molar-refractivity contribution < 1.29 is 8.78 Å². The first-order chi connectivity index (χ1) is 14.5. The lowest BCUT2D eigenvalue weighted by Crippen LogP contribution is -2.14. The number of nitrogens with zero attached hydrogens (tertiary/aromatic N) is 1. The number of aromatic nitrogens is 1. The van der Waals surface area contributed by atoms with Gasteiger partial charge >= 0.3 is 0 Å². The van der Waals surface area contributed by atoms with E-state index in [9.17, 15) is 8.78 Å². The molecule has 1 saturated carbocycles. The Morgan fingerprint density at radius 1 is 1.13 bits per heavy atom. The van der Waals surface area contributed by atoms with Gasteiger partial charge in [-0.25, -0.2) is 8.78 Å². The van der Waals surface area contributed by atoms with Gasteiger partial charge < -0.3 is 10.3 Å². The SMILES string of the molecule is CC(F)F.Cc1ccccc1-c1ccc2c(CN)cn(CC(C)(C)C)c2c1.SC1CC1. The molecule has 2 nitrogen and oxygen atoms in total. The molecule has 4 rings (SSSR count). The molecule has 1 aliphatic carbocycles. The molecule has 0 bridgehead atoms. The van der Waals surface area contributed by atoms with Crippen LogP contribution in [0.1, 0.15) is 51.7 Å². The van der Waals surface area contributed by atoms with Crippen LogP contribution in [0.25, 0.3) is 22.0 Å². The molecular formula is C26H36F2N2S. The Labute approximate surface area is 191 Å². The van der Waals surface area contributed by atoms with Gasteiger partial charge in [-0.2, -0.15) is 12.6 Å². The van der Waals surface area contributed by atoms with Crippen molar-refractivity contribution in [1.29, 1.82) is 0 Å². The van der Waals surface area contributed by atoms with Crippen molar-refractivity contribution in [1.82, 2.24) is 4.57 Å². The van der Waals surface area contributed by atoms with Gasteiger partial charge in [-0.05, 0) is 60.4 Å². The molecule has 0 atom stereocenters. The number of nitrogens with two attached hydrogens (primary N) is 1. The second-order valence-electron chi connectivity index (χ2n) is 9.34. The number of hydrogen-bond acceptors (Lipinski definition) is 2. The van der Waals surface area contributed by atoms with E-state index in [-0.39, 0.29) is 5.41 Å². The summed E-state index contributed by atoms with van der Waals surface area (Å²) in [5.41, 5.74) is 12.6. The number of aryl methyl sites for hydroxylation is 1. The summed E-state index contributed by atoms with van der Waals surface area (Å²) in [7, 11) is 0. The first-order valence-corrected chi connectivity index (χ1v) is 11.4. The molecule has 3 aromatic rings. The monoisotopic (exact) mass is 446 g/mol. The van der Waals surface area contributed by atoms with Crippen LogP contribution in [0.5, 0.6) is 0 Å². The van der Waals surface area contributed by atoms with Crippen molar-refractivity contribution in [2.75, 3.05) is 0 Å². The van der Waals surface area contributed by atoms with Crippen molar-refractivity contribution >= 4 is 23.5 Å². The summed E-state index contributed by atoms with van der Waals surface area (Å²) in [6.07, 6.45) is 2.75.